The summed E-state index contributed by atoms with van der Waals surface area (Å²) in [4.78, 5) is 12.3. The lowest BCUT2D eigenvalue weighted by molar-refractivity contribution is 0.0757. The maximum atomic E-state index is 11.6. The minimum atomic E-state index is 0.0715. The van der Waals surface area contributed by atoms with Gasteiger partial charge in [-0.25, -0.2) is 0 Å². The quantitative estimate of drug-likeness (QED) is 0.562. The molecule has 0 aliphatic heterocycles. The third kappa shape index (κ3) is 4.91. The zero-order valence-corrected chi connectivity index (χ0v) is 11.2. The van der Waals surface area contributed by atoms with Crippen LogP contribution < -0.4 is 0 Å². The summed E-state index contributed by atoms with van der Waals surface area (Å²) >= 11 is 4.78. The van der Waals surface area contributed by atoms with Crippen LogP contribution in [0.1, 0.15) is 35.9 Å². The van der Waals surface area contributed by atoms with Gasteiger partial charge in [0.25, 0.3) is 0 Å². The summed E-state index contributed by atoms with van der Waals surface area (Å²) in [7, 11) is 0. The van der Waals surface area contributed by atoms with Crippen LogP contribution in [-0.2, 0) is 4.74 Å². The molecule has 4 heteroatoms. The molecule has 15 heavy (non-hydrogen) atoms. The van der Waals surface area contributed by atoms with Gasteiger partial charge in [-0.3, -0.25) is 4.79 Å². The van der Waals surface area contributed by atoms with Crippen LogP contribution in [0.25, 0.3) is 0 Å². The first-order valence-corrected chi connectivity index (χ1v) is 6.71. The molecule has 0 amide bonds. The highest BCUT2D eigenvalue weighted by Crippen LogP contribution is 2.22. The topological polar surface area (TPSA) is 26.3 Å². The first-order chi connectivity index (χ1) is 7.24. The molecule has 0 N–H and O–H groups in total. The number of Topliss-reactive ketones (excluding diaryl/α,β-unsaturated/α-hetero) is 1. The molecule has 0 aromatic carbocycles. The minimum absolute atomic E-state index is 0.0715. The summed E-state index contributed by atoms with van der Waals surface area (Å²) in [5.41, 5.74) is 0. The molecule has 84 valence electrons. The van der Waals surface area contributed by atoms with Gasteiger partial charge in [-0.05, 0) is 34.5 Å². The zero-order valence-electron chi connectivity index (χ0n) is 8.79. The summed E-state index contributed by atoms with van der Waals surface area (Å²) in [6.07, 6.45) is 3.38. The van der Waals surface area contributed by atoms with Gasteiger partial charge in [0, 0.05) is 6.61 Å². The van der Waals surface area contributed by atoms with Gasteiger partial charge in [-0.15, -0.1) is 11.3 Å². The number of ether oxygens (including phenoxy) is 1. The van der Waals surface area contributed by atoms with E-state index in [2.05, 4.69) is 22.9 Å². The van der Waals surface area contributed by atoms with Crippen molar-refractivity contribution in [1.82, 2.24) is 0 Å². The molecule has 0 radical (unpaired) electrons. The Bertz CT molecular complexity index is 309. The van der Waals surface area contributed by atoms with Gasteiger partial charge in [-0.2, -0.15) is 0 Å². The third-order valence-electron chi connectivity index (χ3n) is 1.97. The molecule has 0 unspecified atom stereocenters. The maximum Gasteiger partial charge on any atom is 0.198 e. The van der Waals surface area contributed by atoms with E-state index in [9.17, 15) is 4.79 Å². The first kappa shape index (κ1) is 12.9. The van der Waals surface area contributed by atoms with E-state index in [4.69, 9.17) is 4.74 Å². The summed E-state index contributed by atoms with van der Waals surface area (Å²) < 4.78 is 6.29. The Labute approximate surface area is 103 Å². The van der Waals surface area contributed by atoms with Crippen molar-refractivity contribution < 1.29 is 9.53 Å². The second-order valence-corrected chi connectivity index (χ2v) is 5.75. The molecule has 0 atom stereocenters. The highest BCUT2D eigenvalue weighted by atomic mass is 79.9. The van der Waals surface area contributed by atoms with Crippen LogP contribution in [0, 0.1) is 0 Å². The van der Waals surface area contributed by atoms with Crippen LogP contribution in [0.15, 0.2) is 15.9 Å². The zero-order chi connectivity index (χ0) is 11.1. The number of thiophene rings is 1. The first-order valence-electron chi connectivity index (χ1n) is 5.10. The Morgan fingerprint density at radius 3 is 2.87 bits per heavy atom. The highest BCUT2D eigenvalue weighted by molar-refractivity contribution is 9.11. The molecule has 0 aliphatic carbocycles. The average Bonchev–Trinajstić information content (AvgIpc) is 2.64. The van der Waals surface area contributed by atoms with Crippen molar-refractivity contribution in [2.24, 2.45) is 0 Å². The largest absolute Gasteiger partial charge is 0.373 e. The summed E-state index contributed by atoms with van der Waals surface area (Å²) in [5, 5.41) is 0. The third-order valence-corrected chi connectivity index (χ3v) is 3.64. The number of hydrogen-bond acceptors (Lipinski definition) is 3. The SMILES string of the molecule is CCCCCOCC(=O)c1ccc(Br)s1. The summed E-state index contributed by atoms with van der Waals surface area (Å²) in [6.45, 7) is 3.04. The van der Waals surface area contributed by atoms with E-state index >= 15 is 0 Å². The van der Waals surface area contributed by atoms with Gasteiger partial charge < -0.3 is 4.74 Å². The Kier molecular flexibility index (Phi) is 6.13. The van der Waals surface area contributed by atoms with Crippen molar-refractivity contribution in [3.05, 3.63) is 20.8 Å². The molecule has 2 nitrogen and oxygen atoms in total. The second-order valence-electron chi connectivity index (χ2n) is 3.29. The minimum Gasteiger partial charge on any atom is -0.373 e. The van der Waals surface area contributed by atoms with Gasteiger partial charge in [0.05, 0.1) is 8.66 Å². The number of rotatable bonds is 7. The van der Waals surface area contributed by atoms with Crippen molar-refractivity contribution in [3.63, 3.8) is 0 Å². The van der Waals surface area contributed by atoms with Gasteiger partial charge in [0.1, 0.15) is 6.61 Å². The Balaban J connectivity index is 2.19. The van der Waals surface area contributed by atoms with Crippen LogP contribution >= 0.6 is 27.3 Å². The number of ketones is 1. The molecule has 0 bridgehead atoms. The van der Waals surface area contributed by atoms with E-state index in [1.54, 1.807) is 0 Å². The normalized spacial score (nSPS) is 10.5. The molecule has 0 aliphatic rings. The number of unbranched alkanes of at least 4 members (excludes halogenated alkanes) is 2. The van der Waals surface area contributed by atoms with Crippen LogP contribution in [0.2, 0.25) is 0 Å². The predicted molar refractivity (Wildman–Crippen MR) is 66.7 cm³/mol. The standard InChI is InChI=1S/C11H15BrO2S/c1-2-3-4-7-14-8-9(13)10-5-6-11(12)15-10/h5-6H,2-4,7-8H2,1H3. The van der Waals surface area contributed by atoms with E-state index in [1.807, 2.05) is 12.1 Å². The van der Waals surface area contributed by atoms with Crippen LogP contribution in [0.4, 0.5) is 0 Å². The smallest absolute Gasteiger partial charge is 0.198 e. The fraction of sp³-hybridized carbons (Fsp3) is 0.545. The van der Waals surface area contributed by atoms with E-state index in [0.29, 0.717) is 6.61 Å². The molecular weight excluding hydrogens is 276 g/mol. The Morgan fingerprint density at radius 2 is 2.27 bits per heavy atom. The van der Waals surface area contributed by atoms with E-state index < -0.39 is 0 Å². The molecule has 1 rings (SSSR count). The monoisotopic (exact) mass is 290 g/mol. The van der Waals surface area contributed by atoms with E-state index in [1.165, 1.54) is 24.2 Å². The molecule has 1 aromatic heterocycles. The number of carbonyl (C=O) groups is 1. The Hall–Kier alpha value is -0.190. The predicted octanol–water partition coefficient (Wildman–Crippen LogP) is 3.90. The van der Waals surface area contributed by atoms with Crippen LogP contribution in [-0.4, -0.2) is 19.0 Å². The number of carbonyl (C=O) groups excluding carboxylic acids is 1. The molecular formula is C11H15BrO2S. The lowest BCUT2D eigenvalue weighted by Crippen LogP contribution is -2.08. The average molecular weight is 291 g/mol. The Morgan fingerprint density at radius 1 is 1.47 bits per heavy atom. The molecule has 0 fully saturated rings. The van der Waals surface area contributed by atoms with Gasteiger partial charge in [0.2, 0.25) is 0 Å². The number of hydrogen-bond donors (Lipinski definition) is 0. The summed E-state index contributed by atoms with van der Waals surface area (Å²) in [5.74, 6) is 0.0715. The molecule has 1 heterocycles. The van der Waals surface area contributed by atoms with Crippen molar-refractivity contribution in [1.29, 1.82) is 0 Å². The molecule has 0 spiro atoms. The van der Waals surface area contributed by atoms with Crippen LogP contribution in [0.3, 0.4) is 0 Å². The highest BCUT2D eigenvalue weighted by Gasteiger charge is 2.08. The molecule has 0 saturated heterocycles. The second kappa shape index (κ2) is 7.14. The lowest BCUT2D eigenvalue weighted by Gasteiger charge is -2.01. The summed E-state index contributed by atoms with van der Waals surface area (Å²) in [6, 6.07) is 3.71. The molecule has 0 saturated carbocycles. The van der Waals surface area contributed by atoms with Crippen molar-refractivity contribution in [2.75, 3.05) is 13.2 Å². The fourth-order valence-corrected chi connectivity index (χ4v) is 2.46. The van der Waals surface area contributed by atoms with Gasteiger partial charge in [-0.1, -0.05) is 19.8 Å². The van der Waals surface area contributed by atoms with E-state index in [-0.39, 0.29) is 12.4 Å². The van der Waals surface area contributed by atoms with Crippen molar-refractivity contribution in [2.45, 2.75) is 26.2 Å². The van der Waals surface area contributed by atoms with Gasteiger partial charge in [0.15, 0.2) is 5.78 Å². The number of halogens is 1. The van der Waals surface area contributed by atoms with Crippen LogP contribution in [0.5, 0.6) is 0 Å². The lowest BCUT2D eigenvalue weighted by atomic mass is 10.3. The molecule has 1 aromatic rings. The van der Waals surface area contributed by atoms with Crippen molar-refractivity contribution >= 4 is 33.0 Å². The maximum absolute atomic E-state index is 11.6. The van der Waals surface area contributed by atoms with Gasteiger partial charge >= 0.3 is 0 Å². The van der Waals surface area contributed by atoms with Crippen molar-refractivity contribution in [3.8, 4) is 0 Å². The fourth-order valence-electron chi connectivity index (χ4n) is 1.15. The van der Waals surface area contributed by atoms with E-state index in [0.717, 1.165) is 15.1 Å².